The van der Waals surface area contributed by atoms with Crippen LogP contribution >= 0.6 is 0 Å². The van der Waals surface area contributed by atoms with Crippen molar-refractivity contribution in [3.8, 4) is 11.5 Å². The van der Waals surface area contributed by atoms with Gasteiger partial charge in [0.15, 0.2) is 11.5 Å². The minimum Gasteiger partial charge on any atom is -0.504 e. The second kappa shape index (κ2) is 7.48. The fraction of sp³-hybridized carbons (Fsp3) is 0.438. The third-order valence-electron chi connectivity index (χ3n) is 3.95. The van der Waals surface area contributed by atoms with Gasteiger partial charge in [0.25, 0.3) is 5.79 Å². The Balaban J connectivity index is 2.23. The Bertz CT molecular complexity index is 657. The van der Waals surface area contributed by atoms with Crippen LogP contribution in [0.25, 0.3) is 6.08 Å². The number of aliphatic hydroxyl groups excluding tert-OH is 4. The molecule has 1 aromatic carbocycles. The predicted octanol–water partition coefficient (Wildman–Crippen LogP) is -1.85. The molecule has 1 aromatic rings. The number of carbonyl (C=O) groups excluding carboxylic acids is 1. The van der Waals surface area contributed by atoms with E-state index in [0.717, 1.165) is 6.08 Å². The number of hydrogen-bond acceptors (Lipinski definition) is 9. The lowest BCUT2D eigenvalue weighted by Crippen LogP contribution is -2.67. The van der Waals surface area contributed by atoms with Crippen molar-refractivity contribution in [1.29, 1.82) is 0 Å². The smallest absolute Gasteiger partial charge is 0.260 e. The topological polar surface area (TPSA) is 157 Å². The van der Waals surface area contributed by atoms with E-state index < -0.39 is 42.6 Å². The Hall–Kier alpha value is -2.01. The van der Waals surface area contributed by atoms with Crippen molar-refractivity contribution in [1.82, 2.24) is 0 Å². The van der Waals surface area contributed by atoms with E-state index in [1.165, 1.54) is 31.4 Å². The molecule has 138 valence electrons. The van der Waals surface area contributed by atoms with Gasteiger partial charge in [0.2, 0.25) is 5.78 Å². The van der Waals surface area contributed by atoms with Gasteiger partial charge in [0.1, 0.15) is 24.4 Å². The second-order valence-electron chi connectivity index (χ2n) is 5.59. The summed E-state index contributed by atoms with van der Waals surface area (Å²) in [5.74, 6) is -3.86. The van der Waals surface area contributed by atoms with E-state index in [0.29, 0.717) is 5.56 Å². The van der Waals surface area contributed by atoms with Crippen LogP contribution < -0.4 is 4.74 Å². The maximum atomic E-state index is 12.3. The quantitative estimate of drug-likeness (QED) is 0.333. The Morgan fingerprint density at radius 1 is 1.32 bits per heavy atom. The van der Waals surface area contributed by atoms with Crippen LogP contribution in [0.1, 0.15) is 5.56 Å². The minimum absolute atomic E-state index is 0.0986. The highest BCUT2D eigenvalue weighted by Gasteiger charge is 2.56. The van der Waals surface area contributed by atoms with Crippen molar-refractivity contribution in [2.75, 3.05) is 13.7 Å². The Morgan fingerprint density at radius 3 is 2.60 bits per heavy atom. The highest BCUT2D eigenvalue weighted by atomic mass is 16.7. The van der Waals surface area contributed by atoms with Gasteiger partial charge in [-0.05, 0) is 23.8 Å². The van der Waals surface area contributed by atoms with Gasteiger partial charge in [-0.15, -0.1) is 0 Å². The van der Waals surface area contributed by atoms with E-state index in [1.54, 1.807) is 0 Å². The molecule has 9 heteroatoms. The second-order valence-corrected chi connectivity index (χ2v) is 5.59. The molecule has 1 fully saturated rings. The summed E-state index contributed by atoms with van der Waals surface area (Å²) < 4.78 is 9.84. The van der Waals surface area contributed by atoms with E-state index in [1.807, 2.05) is 0 Å². The Morgan fingerprint density at radius 2 is 2.00 bits per heavy atom. The summed E-state index contributed by atoms with van der Waals surface area (Å²) in [6.07, 6.45) is -4.95. The molecule has 6 N–H and O–H groups in total. The van der Waals surface area contributed by atoms with Crippen molar-refractivity contribution < 1.29 is 44.9 Å². The first kappa shape index (κ1) is 19.3. The van der Waals surface area contributed by atoms with Crippen LogP contribution in [0, 0.1) is 0 Å². The molecule has 0 saturated carbocycles. The van der Waals surface area contributed by atoms with Gasteiger partial charge >= 0.3 is 0 Å². The fourth-order valence-electron chi connectivity index (χ4n) is 2.45. The molecule has 0 amide bonds. The van der Waals surface area contributed by atoms with E-state index in [9.17, 15) is 30.3 Å². The largest absolute Gasteiger partial charge is 0.504 e. The standard InChI is InChI=1S/C16H20O9/c1-24-10-6-8(2-4-9(10)18)3-5-12(19)16(23)15(22)14(21)13(20)11(7-17)25-16/h2-6,11,13-15,17-18,20-23H,7H2,1H3/b5-3+/t11-,13-,14+,15-,16-/m1/s1. The number of methoxy groups -OCH3 is 1. The third-order valence-corrected chi connectivity index (χ3v) is 3.95. The van der Waals surface area contributed by atoms with E-state index in [2.05, 4.69) is 0 Å². The summed E-state index contributed by atoms with van der Waals surface area (Å²) in [7, 11) is 1.35. The lowest BCUT2D eigenvalue weighted by atomic mass is 9.90. The van der Waals surface area contributed by atoms with E-state index in [-0.39, 0.29) is 11.5 Å². The first-order valence-corrected chi connectivity index (χ1v) is 7.39. The maximum Gasteiger partial charge on any atom is 0.260 e. The number of rotatable bonds is 5. The summed E-state index contributed by atoms with van der Waals surface area (Å²) in [5, 5.41) is 58.2. The number of aliphatic hydroxyl groups is 5. The number of carbonyl (C=O) groups is 1. The molecule has 9 nitrogen and oxygen atoms in total. The van der Waals surface area contributed by atoms with Gasteiger partial charge in [-0.25, -0.2) is 0 Å². The molecule has 0 unspecified atom stereocenters. The molecule has 0 aromatic heterocycles. The molecule has 1 aliphatic rings. The average Bonchev–Trinajstić information content (AvgIpc) is 2.61. The van der Waals surface area contributed by atoms with E-state index >= 15 is 0 Å². The van der Waals surface area contributed by atoms with E-state index in [4.69, 9.17) is 14.6 Å². The lowest BCUT2D eigenvalue weighted by Gasteiger charge is -2.43. The average molecular weight is 356 g/mol. The van der Waals surface area contributed by atoms with Crippen LogP contribution in [-0.2, 0) is 9.53 Å². The number of ketones is 1. The number of hydrogen-bond donors (Lipinski definition) is 6. The first-order chi connectivity index (χ1) is 11.7. The van der Waals surface area contributed by atoms with Crippen molar-refractivity contribution >= 4 is 11.9 Å². The van der Waals surface area contributed by atoms with Crippen molar-refractivity contribution in [3.63, 3.8) is 0 Å². The molecule has 1 aliphatic heterocycles. The molecule has 5 atom stereocenters. The van der Waals surface area contributed by atoms with Crippen LogP contribution in [0.4, 0.5) is 0 Å². The normalized spacial score (nSPS) is 32.7. The number of phenolic OH excluding ortho intramolecular Hbond substituents is 1. The van der Waals surface area contributed by atoms with Gasteiger partial charge in [-0.1, -0.05) is 12.1 Å². The molecule has 1 saturated heterocycles. The number of benzene rings is 1. The summed E-state index contributed by atoms with van der Waals surface area (Å²) in [5.41, 5.74) is 0.441. The van der Waals surface area contributed by atoms with Crippen molar-refractivity contribution in [2.45, 2.75) is 30.2 Å². The zero-order chi connectivity index (χ0) is 18.8. The molecular formula is C16H20O9. The molecule has 25 heavy (non-hydrogen) atoms. The summed E-state index contributed by atoms with van der Waals surface area (Å²) in [4.78, 5) is 12.3. The SMILES string of the molecule is COc1cc(/C=C/C(=O)[C@@]2(O)O[C@H](CO)[C@@H](O)[C@H](O)[C@H]2O)ccc1O. The Labute approximate surface area is 143 Å². The summed E-state index contributed by atoms with van der Waals surface area (Å²) >= 11 is 0. The monoisotopic (exact) mass is 356 g/mol. The van der Waals surface area contributed by atoms with Crippen molar-refractivity contribution in [3.05, 3.63) is 29.8 Å². The predicted molar refractivity (Wildman–Crippen MR) is 83.6 cm³/mol. The molecule has 1 heterocycles. The van der Waals surface area contributed by atoms with Gasteiger partial charge in [-0.3, -0.25) is 4.79 Å². The molecule has 0 radical (unpaired) electrons. The zero-order valence-corrected chi connectivity index (χ0v) is 13.3. The van der Waals surface area contributed by atoms with Crippen LogP contribution in [0.2, 0.25) is 0 Å². The molecule has 0 bridgehead atoms. The van der Waals surface area contributed by atoms with Gasteiger partial charge in [0.05, 0.1) is 13.7 Å². The summed E-state index contributed by atoms with van der Waals surface area (Å²) in [6, 6.07) is 4.24. The zero-order valence-electron chi connectivity index (χ0n) is 13.3. The Kier molecular flexibility index (Phi) is 5.78. The van der Waals surface area contributed by atoms with Crippen LogP contribution in [0.5, 0.6) is 11.5 Å². The van der Waals surface area contributed by atoms with Gasteiger partial charge in [-0.2, -0.15) is 0 Å². The van der Waals surface area contributed by atoms with Crippen LogP contribution in [0.15, 0.2) is 24.3 Å². The number of phenols is 1. The molecule has 2 rings (SSSR count). The number of ether oxygens (including phenoxy) is 2. The third kappa shape index (κ3) is 3.66. The van der Waals surface area contributed by atoms with Gasteiger partial charge < -0.3 is 40.1 Å². The lowest BCUT2D eigenvalue weighted by molar-refractivity contribution is -0.329. The van der Waals surface area contributed by atoms with Crippen LogP contribution in [0.3, 0.4) is 0 Å². The highest BCUT2D eigenvalue weighted by Crippen LogP contribution is 2.30. The van der Waals surface area contributed by atoms with Crippen LogP contribution in [-0.4, -0.2) is 80.3 Å². The molecule has 0 spiro atoms. The maximum absolute atomic E-state index is 12.3. The van der Waals surface area contributed by atoms with Gasteiger partial charge in [0, 0.05) is 0 Å². The van der Waals surface area contributed by atoms with Crippen molar-refractivity contribution in [2.24, 2.45) is 0 Å². The summed E-state index contributed by atoms with van der Waals surface area (Å²) in [6.45, 7) is -0.778. The first-order valence-electron chi connectivity index (χ1n) is 7.39. The fourth-order valence-corrected chi connectivity index (χ4v) is 2.45. The molecule has 0 aliphatic carbocycles. The molecular weight excluding hydrogens is 336 g/mol. The number of aromatic hydroxyl groups is 1. The minimum atomic E-state index is -2.83. The highest BCUT2D eigenvalue weighted by molar-refractivity contribution is 5.99.